The third kappa shape index (κ3) is 2.48. The van der Waals surface area contributed by atoms with Crippen LogP contribution in [0.15, 0.2) is 29.7 Å². The highest BCUT2D eigenvalue weighted by atomic mass is 16.5. The molecule has 0 amide bonds. The summed E-state index contributed by atoms with van der Waals surface area (Å²) < 4.78 is 21.0. The van der Waals surface area contributed by atoms with Crippen LogP contribution in [0.3, 0.4) is 0 Å². The van der Waals surface area contributed by atoms with Crippen LogP contribution in [0.25, 0.3) is 0 Å². The summed E-state index contributed by atoms with van der Waals surface area (Å²) >= 11 is 0. The fraction of sp³-hybridized carbons (Fsp3) is 0.235. The molecule has 1 aromatic carbocycles. The lowest BCUT2D eigenvalue weighted by molar-refractivity contribution is 0.0592. The minimum absolute atomic E-state index is 0.0672. The minimum atomic E-state index is -0.748. The highest BCUT2D eigenvalue weighted by Crippen LogP contribution is 2.47. The number of allylic oxidation sites excluding steroid dienone is 1. The number of hydrogen-bond acceptors (Lipinski definition) is 8. The van der Waals surface area contributed by atoms with Crippen molar-refractivity contribution in [3.8, 4) is 23.4 Å². The molecule has 1 aliphatic heterocycles. The van der Waals surface area contributed by atoms with Gasteiger partial charge < -0.3 is 24.7 Å². The Morgan fingerprint density at radius 2 is 2.12 bits per heavy atom. The maximum atomic E-state index is 12.1. The van der Waals surface area contributed by atoms with Crippen molar-refractivity contribution in [2.24, 2.45) is 5.73 Å². The van der Waals surface area contributed by atoms with E-state index in [0.29, 0.717) is 22.6 Å². The average molecular weight is 356 g/mol. The Labute approximate surface area is 148 Å². The summed E-state index contributed by atoms with van der Waals surface area (Å²) in [5.41, 5.74) is 7.01. The van der Waals surface area contributed by atoms with Crippen LogP contribution in [-0.4, -0.2) is 37.5 Å². The van der Waals surface area contributed by atoms with Crippen LogP contribution >= 0.6 is 0 Å². The Morgan fingerprint density at radius 1 is 1.35 bits per heavy atom. The van der Waals surface area contributed by atoms with Crippen molar-refractivity contribution >= 4 is 5.97 Å². The van der Waals surface area contributed by atoms with E-state index in [1.165, 1.54) is 21.3 Å². The number of nitrogens with one attached hydrogen (secondary N) is 1. The van der Waals surface area contributed by atoms with E-state index in [4.69, 9.17) is 24.7 Å². The molecular weight excluding hydrogens is 340 g/mol. The Kier molecular flexibility index (Phi) is 4.41. The van der Waals surface area contributed by atoms with E-state index >= 15 is 0 Å². The van der Waals surface area contributed by atoms with Crippen molar-refractivity contribution in [3.63, 3.8) is 0 Å². The monoisotopic (exact) mass is 356 g/mol. The van der Waals surface area contributed by atoms with Crippen LogP contribution in [0, 0.1) is 11.3 Å². The summed E-state index contributed by atoms with van der Waals surface area (Å²) in [6.45, 7) is 0. The zero-order valence-electron chi connectivity index (χ0n) is 14.3. The molecule has 0 aliphatic carbocycles. The molecule has 0 saturated carbocycles. The molecule has 1 aliphatic rings. The largest absolute Gasteiger partial charge is 0.493 e. The molecule has 0 bridgehead atoms. The maximum absolute atomic E-state index is 12.1. The lowest BCUT2D eigenvalue weighted by Crippen LogP contribution is -2.22. The first-order valence-corrected chi connectivity index (χ1v) is 7.52. The normalized spacial score (nSPS) is 15.5. The smallest absolute Gasteiger partial charge is 0.356 e. The Hall–Kier alpha value is -3.67. The number of methoxy groups -OCH3 is 3. The molecule has 9 heteroatoms. The second-order valence-corrected chi connectivity index (χ2v) is 5.32. The molecule has 1 aromatic heterocycles. The van der Waals surface area contributed by atoms with E-state index < -0.39 is 11.9 Å². The molecule has 0 spiro atoms. The molecule has 3 N–H and O–H groups in total. The van der Waals surface area contributed by atoms with Gasteiger partial charge in [-0.1, -0.05) is 12.1 Å². The number of para-hydroxylation sites is 1. The molecule has 26 heavy (non-hydrogen) atoms. The lowest BCUT2D eigenvalue weighted by Gasteiger charge is -2.25. The van der Waals surface area contributed by atoms with E-state index in [-0.39, 0.29) is 23.0 Å². The molecule has 0 saturated heterocycles. The van der Waals surface area contributed by atoms with E-state index in [0.717, 1.165) is 0 Å². The number of carbonyl (C=O) groups is 1. The van der Waals surface area contributed by atoms with Crippen LogP contribution in [0.1, 0.15) is 27.5 Å². The number of ether oxygens (including phenoxy) is 4. The van der Waals surface area contributed by atoms with Crippen LogP contribution in [0.5, 0.6) is 17.4 Å². The number of esters is 1. The van der Waals surface area contributed by atoms with Crippen molar-refractivity contribution in [3.05, 3.63) is 46.5 Å². The molecule has 1 unspecified atom stereocenters. The van der Waals surface area contributed by atoms with E-state index in [2.05, 4.69) is 10.2 Å². The fourth-order valence-corrected chi connectivity index (χ4v) is 2.95. The second kappa shape index (κ2) is 6.68. The minimum Gasteiger partial charge on any atom is -0.493 e. The number of benzene rings is 1. The number of hydrogen-bond donors (Lipinski definition) is 2. The summed E-state index contributed by atoms with van der Waals surface area (Å²) in [4.78, 5) is 12.1. The number of nitriles is 1. The summed E-state index contributed by atoms with van der Waals surface area (Å²) in [6.07, 6.45) is 0. The number of nitrogens with two attached hydrogens (primary N) is 1. The molecule has 3 rings (SSSR count). The van der Waals surface area contributed by atoms with Gasteiger partial charge in [-0.2, -0.15) is 5.26 Å². The van der Waals surface area contributed by atoms with E-state index in [9.17, 15) is 10.1 Å². The number of rotatable bonds is 4. The number of carbonyl (C=O) groups excluding carboxylic acids is 1. The van der Waals surface area contributed by atoms with Gasteiger partial charge in [0.15, 0.2) is 17.2 Å². The number of fused-ring (bicyclic) bond motifs is 1. The van der Waals surface area contributed by atoms with Gasteiger partial charge in [0.25, 0.3) is 0 Å². The quantitative estimate of drug-likeness (QED) is 0.786. The van der Waals surface area contributed by atoms with Crippen molar-refractivity contribution in [2.75, 3.05) is 21.3 Å². The van der Waals surface area contributed by atoms with Gasteiger partial charge in [0.05, 0.1) is 32.8 Å². The Morgan fingerprint density at radius 3 is 2.73 bits per heavy atom. The van der Waals surface area contributed by atoms with E-state index in [1.807, 2.05) is 6.07 Å². The van der Waals surface area contributed by atoms with Gasteiger partial charge >= 0.3 is 5.97 Å². The summed E-state index contributed by atoms with van der Waals surface area (Å²) in [7, 11) is 4.23. The highest BCUT2D eigenvalue weighted by molar-refractivity contribution is 5.90. The van der Waals surface area contributed by atoms with Crippen molar-refractivity contribution in [1.29, 1.82) is 5.26 Å². The molecule has 0 radical (unpaired) electrons. The average Bonchev–Trinajstić information content (AvgIpc) is 3.08. The van der Waals surface area contributed by atoms with Crippen molar-refractivity contribution in [1.82, 2.24) is 10.2 Å². The molecule has 134 valence electrons. The number of aromatic nitrogens is 2. The number of aromatic amines is 1. The zero-order chi connectivity index (χ0) is 18.8. The fourth-order valence-electron chi connectivity index (χ4n) is 2.95. The summed E-state index contributed by atoms with van der Waals surface area (Å²) in [5.74, 6) is -0.523. The molecular formula is C17H16N4O5. The van der Waals surface area contributed by atoms with Crippen LogP contribution < -0.4 is 19.9 Å². The van der Waals surface area contributed by atoms with E-state index in [1.54, 1.807) is 18.2 Å². The SMILES string of the molecule is COC(=O)c1[nH]nc2c1C(c1cccc(OC)c1OC)C(C#N)=C(N)O2. The lowest BCUT2D eigenvalue weighted by atomic mass is 9.83. The molecule has 9 nitrogen and oxygen atoms in total. The van der Waals surface area contributed by atoms with Crippen LogP contribution in [0.4, 0.5) is 0 Å². The second-order valence-electron chi connectivity index (χ2n) is 5.32. The van der Waals surface area contributed by atoms with Gasteiger partial charge in [0.1, 0.15) is 11.6 Å². The third-order valence-electron chi connectivity index (χ3n) is 4.07. The van der Waals surface area contributed by atoms with Gasteiger partial charge in [0, 0.05) is 5.56 Å². The van der Waals surface area contributed by atoms with Gasteiger partial charge in [-0.15, -0.1) is 5.10 Å². The molecule has 2 heterocycles. The predicted molar refractivity (Wildman–Crippen MR) is 88.8 cm³/mol. The standard InChI is InChI=1S/C17H16N4O5/c1-23-10-6-4-5-8(14(10)24-2)11-9(7-18)15(19)26-16-12(11)13(20-21-16)17(22)25-3/h4-6,11H,19H2,1-3H3,(H,20,21). The topological polar surface area (TPSA) is 132 Å². The Balaban J connectivity index is 2.32. The highest BCUT2D eigenvalue weighted by Gasteiger charge is 2.39. The summed E-state index contributed by atoms with van der Waals surface area (Å²) in [5, 5.41) is 16.2. The maximum Gasteiger partial charge on any atom is 0.356 e. The van der Waals surface area contributed by atoms with Gasteiger partial charge in [-0.3, -0.25) is 5.10 Å². The summed E-state index contributed by atoms with van der Waals surface area (Å²) in [6, 6.07) is 7.26. The zero-order valence-corrected chi connectivity index (χ0v) is 14.3. The number of H-pyrrole nitrogens is 1. The first-order chi connectivity index (χ1) is 12.6. The van der Waals surface area contributed by atoms with Crippen LogP contribution in [0.2, 0.25) is 0 Å². The van der Waals surface area contributed by atoms with Gasteiger partial charge in [-0.25, -0.2) is 4.79 Å². The van der Waals surface area contributed by atoms with Crippen LogP contribution in [-0.2, 0) is 4.74 Å². The molecule has 2 aromatic rings. The third-order valence-corrected chi connectivity index (χ3v) is 4.07. The van der Waals surface area contributed by atoms with Gasteiger partial charge in [0.2, 0.25) is 11.8 Å². The Bertz CT molecular complexity index is 941. The molecule has 0 fully saturated rings. The first-order valence-electron chi connectivity index (χ1n) is 7.52. The predicted octanol–water partition coefficient (Wildman–Crippen LogP) is 1.43. The van der Waals surface area contributed by atoms with Crippen molar-refractivity contribution in [2.45, 2.75) is 5.92 Å². The van der Waals surface area contributed by atoms with Crippen molar-refractivity contribution < 1.29 is 23.7 Å². The number of nitrogens with zero attached hydrogens (tertiary/aromatic N) is 2. The molecule has 1 atom stereocenters. The first kappa shape index (κ1) is 17.2. The van der Waals surface area contributed by atoms with Gasteiger partial charge in [-0.05, 0) is 6.07 Å².